The van der Waals surface area contributed by atoms with Crippen molar-refractivity contribution in [3.8, 4) is 5.75 Å². The Balaban J connectivity index is 1.30. The lowest BCUT2D eigenvalue weighted by Gasteiger charge is -2.29. The minimum Gasteiger partial charge on any atom is -0.493 e. The molecule has 2 atom stereocenters. The maximum absolute atomic E-state index is 13.3. The Bertz CT molecular complexity index is 1540. The molecule has 2 N–H and O–H groups in total. The van der Waals surface area contributed by atoms with Crippen LogP contribution in [0.3, 0.4) is 0 Å². The smallest absolute Gasteiger partial charge is 0.416 e. The van der Waals surface area contributed by atoms with E-state index in [1.165, 1.54) is 0 Å². The minimum atomic E-state index is -4.70. The third-order valence-corrected chi connectivity index (χ3v) is 8.83. The van der Waals surface area contributed by atoms with E-state index in [1.54, 1.807) is 30.3 Å². The van der Waals surface area contributed by atoms with Crippen molar-refractivity contribution < 1.29 is 31.1 Å². The van der Waals surface area contributed by atoms with Gasteiger partial charge in [-0.25, -0.2) is 13.1 Å². The van der Waals surface area contributed by atoms with E-state index >= 15 is 0 Å². The predicted octanol–water partition coefficient (Wildman–Crippen LogP) is 5.52. The van der Waals surface area contributed by atoms with Gasteiger partial charge in [0.1, 0.15) is 5.75 Å². The number of ether oxygens (including phenoxy) is 1. The van der Waals surface area contributed by atoms with Gasteiger partial charge in [-0.1, -0.05) is 60.7 Å². The first-order valence-electron chi connectivity index (χ1n) is 13.8. The second-order valence-corrected chi connectivity index (χ2v) is 12.2. The van der Waals surface area contributed by atoms with Gasteiger partial charge in [-0.2, -0.15) is 13.2 Å². The normalized spacial score (nSPS) is 18.1. The van der Waals surface area contributed by atoms with Gasteiger partial charge >= 0.3 is 6.18 Å². The molecule has 0 saturated carbocycles. The van der Waals surface area contributed by atoms with Gasteiger partial charge in [-0.15, -0.1) is 0 Å². The van der Waals surface area contributed by atoms with Gasteiger partial charge < -0.3 is 10.1 Å². The second kappa shape index (κ2) is 12.7. The Morgan fingerprint density at radius 2 is 1.83 bits per heavy atom. The summed E-state index contributed by atoms with van der Waals surface area (Å²) in [6.07, 6.45) is 0.951. The van der Waals surface area contributed by atoms with E-state index in [9.17, 15) is 26.4 Å². The number of halogens is 3. The van der Waals surface area contributed by atoms with E-state index in [1.807, 2.05) is 18.2 Å². The molecule has 0 radical (unpaired) electrons. The number of rotatable bonds is 9. The molecule has 0 aromatic heterocycles. The standard InChI is InChI=1S/C31H32F3N3O4S/c32-31(33,34)24-10-7-11-25(19-24)42(39,40)36-28(23-8-3-1-4-9-23)20-30(38)35-27-14-17-41-29-18-22(12-13-26(27)29)21-37-15-5-2-6-16-37/h1-5,7-13,18-19,27-28,36H,6,14-17,20-21H2,(H,35,38). The molecule has 2 aliphatic heterocycles. The van der Waals surface area contributed by atoms with Crippen molar-refractivity contribution in [2.24, 2.45) is 0 Å². The van der Waals surface area contributed by atoms with Crippen LogP contribution in [0.1, 0.15) is 53.6 Å². The van der Waals surface area contributed by atoms with E-state index in [0.29, 0.717) is 30.4 Å². The van der Waals surface area contributed by atoms with Gasteiger partial charge in [0.25, 0.3) is 0 Å². The Hall–Kier alpha value is -3.67. The van der Waals surface area contributed by atoms with Gasteiger partial charge in [-0.05, 0) is 41.8 Å². The number of nitrogens with one attached hydrogen (secondary N) is 2. The third-order valence-electron chi connectivity index (χ3n) is 7.36. The summed E-state index contributed by atoms with van der Waals surface area (Å²) in [4.78, 5) is 15.1. The highest BCUT2D eigenvalue weighted by Gasteiger charge is 2.33. The number of carbonyl (C=O) groups excluding carboxylic acids is 1. The summed E-state index contributed by atoms with van der Waals surface area (Å²) in [5.74, 6) is 0.305. The molecule has 3 aromatic rings. The summed E-state index contributed by atoms with van der Waals surface area (Å²) in [6.45, 7) is 3.10. The first-order chi connectivity index (χ1) is 20.1. The Morgan fingerprint density at radius 1 is 1.02 bits per heavy atom. The van der Waals surface area contributed by atoms with Crippen LogP contribution < -0.4 is 14.8 Å². The largest absolute Gasteiger partial charge is 0.493 e. The fraction of sp³-hybridized carbons (Fsp3) is 0.323. The quantitative estimate of drug-likeness (QED) is 0.317. The summed E-state index contributed by atoms with van der Waals surface area (Å²) < 4.78 is 74.4. The Kier molecular flexibility index (Phi) is 9.00. The van der Waals surface area contributed by atoms with Crippen LogP contribution in [-0.4, -0.2) is 38.9 Å². The van der Waals surface area contributed by atoms with Crippen LogP contribution in [-0.2, 0) is 27.5 Å². The molecule has 0 spiro atoms. The predicted molar refractivity (Wildman–Crippen MR) is 152 cm³/mol. The van der Waals surface area contributed by atoms with E-state index in [2.05, 4.69) is 27.1 Å². The average Bonchev–Trinajstić information content (AvgIpc) is 2.97. The molecule has 3 aromatic carbocycles. The number of nitrogens with zero attached hydrogens (tertiary/aromatic N) is 1. The van der Waals surface area contributed by atoms with Crippen LogP contribution in [0.15, 0.2) is 89.8 Å². The lowest BCUT2D eigenvalue weighted by molar-refractivity contribution is -0.137. The zero-order chi connectivity index (χ0) is 29.7. The summed E-state index contributed by atoms with van der Waals surface area (Å²) in [5.41, 5.74) is 1.39. The van der Waals surface area contributed by atoms with Crippen molar-refractivity contribution in [1.82, 2.24) is 14.9 Å². The first-order valence-corrected chi connectivity index (χ1v) is 15.2. The monoisotopic (exact) mass is 599 g/mol. The molecular formula is C31H32F3N3O4S. The number of amides is 1. The number of carbonyl (C=O) groups is 1. The molecule has 0 saturated heterocycles. The van der Waals surface area contributed by atoms with Gasteiger partial charge in [0.05, 0.1) is 29.1 Å². The molecule has 0 aliphatic carbocycles. The molecule has 5 rings (SSSR count). The first kappa shape index (κ1) is 29.8. The van der Waals surface area contributed by atoms with E-state index in [4.69, 9.17) is 4.74 Å². The summed E-state index contributed by atoms with van der Waals surface area (Å²) in [6, 6.07) is 16.6. The molecule has 222 valence electrons. The highest BCUT2D eigenvalue weighted by atomic mass is 32.2. The molecule has 0 fully saturated rings. The Labute approximate surface area is 243 Å². The number of fused-ring (bicyclic) bond motifs is 1. The molecule has 2 heterocycles. The molecule has 11 heteroatoms. The van der Waals surface area contributed by atoms with Gasteiger partial charge in [-0.3, -0.25) is 9.69 Å². The van der Waals surface area contributed by atoms with E-state index in [-0.39, 0.29) is 12.5 Å². The molecule has 0 bridgehead atoms. The lowest BCUT2D eigenvalue weighted by atomic mass is 9.97. The average molecular weight is 600 g/mol. The van der Waals surface area contributed by atoms with Crippen molar-refractivity contribution >= 4 is 15.9 Å². The number of benzene rings is 3. The maximum atomic E-state index is 13.3. The Morgan fingerprint density at radius 3 is 2.57 bits per heavy atom. The molecule has 42 heavy (non-hydrogen) atoms. The minimum absolute atomic E-state index is 0.255. The highest BCUT2D eigenvalue weighted by molar-refractivity contribution is 7.89. The zero-order valence-corrected chi connectivity index (χ0v) is 23.6. The summed E-state index contributed by atoms with van der Waals surface area (Å²) in [7, 11) is -4.39. The van der Waals surface area contributed by atoms with Crippen LogP contribution in [0.2, 0.25) is 0 Å². The zero-order valence-electron chi connectivity index (χ0n) is 22.8. The highest BCUT2D eigenvalue weighted by Crippen LogP contribution is 2.34. The molecule has 2 aliphatic rings. The second-order valence-electron chi connectivity index (χ2n) is 10.4. The van der Waals surface area contributed by atoms with Gasteiger partial charge in [0.2, 0.25) is 15.9 Å². The van der Waals surface area contributed by atoms with Crippen molar-refractivity contribution in [1.29, 1.82) is 0 Å². The molecule has 7 nitrogen and oxygen atoms in total. The molecule has 2 unspecified atom stereocenters. The van der Waals surface area contributed by atoms with Crippen LogP contribution in [0.25, 0.3) is 0 Å². The van der Waals surface area contributed by atoms with Crippen LogP contribution in [0.5, 0.6) is 5.75 Å². The van der Waals surface area contributed by atoms with Gasteiger partial charge in [0, 0.05) is 38.0 Å². The molecule has 1 amide bonds. The van der Waals surface area contributed by atoms with Crippen molar-refractivity contribution in [3.05, 3.63) is 107 Å². The lowest BCUT2D eigenvalue weighted by Crippen LogP contribution is -2.36. The number of hydrogen-bond acceptors (Lipinski definition) is 5. The summed E-state index contributed by atoms with van der Waals surface area (Å²) >= 11 is 0. The third kappa shape index (κ3) is 7.39. The van der Waals surface area contributed by atoms with Crippen LogP contribution in [0.4, 0.5) is 13.2 Å². The fourth-order valence-corrected chi connectivity index (χ4v) is 6.49. The van der Waals surface area contributed by atoms with Crippen molar-refractivity contribution in [3.63, 3.8) is 0 Å². The SMILES string of the molecule is O=C(CC(NS(=O)(=O)c1cccc(C(F)(F)F)c1)c1ccccc1)NC1CCOc2cc(CN3CC=CCC3)ccc21. The van der Waals surface area contributed by atoms with Crippen molar-refractivity contribution in [2.75, 3.05) is 19.7 Å². The van der Waals surface area contributed by atoms with Crippen LogP contribution in [0, 0.1) is 0 Å². The topological polar surface area (TPSA) is 87.7 Å². The maximum Gasteiger partial charge on any atom is 0.416 e. The number of hydrogen-bond donors (Lipinski definition) is 2. The van der Waals surface area contributed by atoms with Crippen molar-refractivity contribution in [2.45, 2.75) is 49.0 Å². The number of sulfonamides is 1. The van der Waals surface area contributed by atoms with E-state index < -0.39 is 38.6 Å². The summed E-state index contributed by atoms with van der Waals surface area (Å²) in [5, 5.41) is 3.01. The van der Waals surface area contributed by atoms with Gasteiger partial charge in [0.15, 0.2) is 0 Å². The van der Waals surface area contributed by atoms with E-state index in [0.717, 1.165) is 55.4 Å². The molecular weight excluding hydrogens is 567 g/mol. The number of alkyl halides is 3. The van der Waals surface area contributed by atoms with Crippen LogP contribution >= 0.6 is 0 Å². The fourth-order valence-electron chi connectivity index (χ4n) is 5.22.